The lowest BCUT2D eigenvalue weighted by Gasteiger charge is -2.13. The third-order valence-corrected chi connectivity index (χ3v) is 8.67. The van der Waals surface area contributed by atoms with Gasteiger partial charge in [0.05, 0.1) is 0 Å². The van der Waals surface area contributed by atoms with Gasteiger partial charge in [-0.2, -0.15) is 0 Å². The summed E-state index contributed by atoms with van der Waals surface area (Å²) < 4.78 is 0.973. The van der Waals surface area contributed by atoms with Crippen molar-refractivity contribution in [2.75, 3.05) is 0 Å². The molecule has 0 amide bonds. The predicted molar refractivity (Wildman–Crippen MR) is 188 cm³/mol. The third kappa shape index (κ3) is 5.66. The fourth-order valence-corrected chi connectivity index (χ4v) is 6.33. The van der Waals surface area contributed by atoms with Crippen molar-refractivity contribution >= 4 is 37.5 Å². The summed E-state index contributed by atoms with van der Waals surface area (Å²) >= 11 is 3.81. The molecule has 4 heteroatoms. The van der Waals surface area contributed by atoms with Gasteiger partial charge in [-0.3, -0.25) is 0 Å². The van der Waals surface area contributed by atoms with E-state index in [4.69, 9.17) is 15.0 Å². The minimum atomic E-state index is 0.647. The van der Waals surface area contributed by atoms with Gasteiger partial charge in [0.15, 0.2) is 17.5 Å². The van der Waals surface area contributed by atoms with Crippen LogP contribution < -0.4 is 0 Å². The van der Waals surface area contributed by atoms with Gasteiger partial charge in [0.25, 0.3) is 0 Å². The molecular formula is C40H32BrN3. The molecule has 0 aliphatic rings. The molecule has 0 radical (unpaired) electrons. The summed E-state index contributed by atoms with van der Waals surface area (Å²) in [5.74, 6) is 1.98. The highest BCUT2D eigenvalue weighted by Gasteiger charge is 2.15. The first kappa shape index (κ1) is 28.1. The number of hydrogen-bond acceptors (Lipinski definition) is 3. The van der Waals surface area contributed by atoms with E-state index >= 15 is 0 Å². The van der Waals surface area contributed by atoms with E-state index in [1.807, 2.05) is 0 Å². The fraction of sp³-hybridized carbons (Fsp3) is 0.125. The summed E-state index contributed by atoms with van der Waals surface area (Å²) in [5.41, 5.74) is 7.71. The monoisotopic (exact) mass is 633 g/mol. The molecule has 44 heavy (non-hydrogen) atoms. The first-order valence-electron chi connectivity index (χ1n) is 15.2. The minimum Gasteiger partial charge on any atom is -0.208 e. The van der Waals surface area contributed by atoms with E-state index in [-0.39, 0.29) is 0 Å². The van der Waals surface area contributed by atoms with Crippen molar-refractivity contribution in [2.24, 2.45) is 0 Å². The van der Waals surface area contributed by atoms with Gasteiger partial charge in [0.2, 0.25) is 0 Å². The van der Waals surface area contributed by atoms with Crippen LogP contribution in [0, 0.1) is 6.92 Å². The molecule has 0 unspecified atom stereocenters. The van der Waals surface area contributed by atoms with Crippen LogP contribution in [-0.4, -0.2) is 15.0 Å². The molecule has 0 bridgehead atoms. The smallest absolute Gasteiger partial charge is 0.164 e. The number of benzene rings is 6. The Balaban J connectivity index is 1.39. The predicted octanol–water partition coefficient (Wildman–Crippen LogP) is 11.3. The molecule has 0 fully saturated rings. The fourth-order valence-electron chi connectivity index (χ4n) is 5.83. The highest BCUT2D eigenvalue weighted by atomic mass is 79.9. The molecule has 214 valence electrons. The van der Waals surface area contributed by atoms with E-state index in [0.29, 0.717) is 17.5 Å². The van der Waals surface area contributed by atoms with Crippen molar-refractivity contribution in [3.8, 4) is 45.3 Å². The molecule has 0 aliphatic heterocycles. The largest absolute Gasteiger partial charge is 0.208 e. The summed E-state index contributed by atoms with van der Waals surface area (Å²) in [6, 6.07) is 43.0. The van der Waals surface area contributed by atoms with Gasteiger partial charge in [0, 0.05) is 21.2 Å². The standard InChI is InChI=1S/C40H32BrN3/c1-3-4-9-27-16-20-29(21-17-27)39-42-38(28-18-14-26(2)15-19-28)43-40(44-39)32-22-31(23-33(41)24-32)37-25-30-10-5-6-11-34(30)35-12-7-8-13-36(35)37/h5-8,10-25H,3-4,9H2,1-2H3. The van der Waals surface area contributed by atoms with Gasteiger partial charge in [-0.05, 0) is 82.3 Å². The Labute approximate surface area is 266 Å². The Bertz CT molecular complexity index is 2120. The lowest BCUT2D eigenvalue weighted by atomic mass is 9.92. The van der Waals surface area contributed by atoms with Crippen LogP contribution in [-0.2, 0) is 6.42 Å². The van der Waals surface area contributed by atoms with Crippen LogP contribution in [0.4, 0.5) is 0 Å². The minimum absolute atomic E-state index is 0.647. The van der Waals surface area contributed by atoms with Crippen LogP contribution >= 0.6 is 15.9 Å². The normalized spacial score (nSPS) is 11.3. The van der Waals surface area contributed by atoms with E-state index in [2.05, 4.69) is 151 Å². The second-order valence-electron chi connectivity index (χ2n) is 11.4. The maximum atomic E-state index is 5.05. The zero-order valence-corrected chi connectivity index (χ0v) is 26.5. The quantitative estimate of drug-likeness (QED) is 0.164. The van der Waals surface area contributed by atoms with Crippen LogP contribution in [0.25, 0.3) is 66.8 Å². The second-order valence-corrected chi connectivity index (χ2v) is 12.3. The molecule has 0 spiro atoms. The lowest BCUT2D eigenvalue weighted by Crippen LogP contribution is -2.00. The molecule has 1 heterocycles. The van der Waals surface area contributed by atoms with Gasteiger partial charge in [-0.1, -0.05) is 132 Å². The summed E-state index contributed by atoms with van der Waals surface area (Å²) in [7, 11) is 0. The van der Waals surface area contributed by atoms with Crippen LogP contribution in [0.5, 0.6) is 0 Å². The van der Waals surface area contributed by atoms with Crippen molar-refractivity contribution in [2.45, 2.75) is 33.1 Å². The van der Waals surface area contributed by atoms with Crippen LogP contribution in [0.1, 0.15) is 30.9 Å². The number of halogens is 1. The van der Waals surface area contributed by atoms with Crippen molar-refractivity contribution < 1.29 is 0 Å². The van der Waals surface area contributed by atoms with Gasteiger partial charge >= 0.3 is 0 Å². The van der Waals surface area contributed by atoms with Crippen LogP contribution in [0.2, 0.25) is 0 Å². The molecular weight excluding hydrogens is 602 g/mol. The molecule has 1 aromatic heterocycles. The highest BCUT2D eigenvalue weighted by Crippen LogP contribution is 2.38. The number of aryl methyl sites for hydroxylation is 2. The van der Waals surface area contributed by atoms with Crippen molar-refractivity contribution in [3.63, 3.8) is 0 Å². The number of aromatic nitrogens is 3. The van der Waals surface area contributed by atoms with E-state index < -0.39 is 0 Å². The van der Waals surface area contributed by atoms with E-state index in [1.54, 1.807) is 0 Å². The SMILES string of the molecule is CCCCc1ccc(-c2nc(-c3ccc(C)cc3)nc(-c3cc(Br)cc(-c4cc5ccccc5c5ccccc45)c3)n2)cc1. The maximum Gasteiger partial charge on any atom is 0.164 e. The van der Waals surface area contributed by atoms with Gasteiger partial charge in [-0.25, -0.2) is 15.0 Å². The molecule has 0 saturated heterocycles. The number of nitrogens with zero attached hydrogens (tertiary/aromatic N) is 3. The molecule has 0 atom stereocenters. The zero-order chi connectivity index (χ0) is 30.0. The average molecular weight is 635 g/mol. The Morgan fingerprint density at radius 3 is 1.80 bits per heavy atom. The second kappa shape index (κ2) is 12.1. The molecule has 3 nitrogen and oxygen atoms in total. The molecule has 0 N–H and O–H groups in total. The Hall–Kier alpha value is -4.67. The Morgan fingerprint density at radius 2 is 1.11 bits per heavy atom. The number of fused-ring (bicyclic) bond motifs is 3. The first-order chi connectivity index (χ1) is 21.6. The van der Waals surface area contributed by atoms with Gasteiger partial charge in [-0.15, -0.1) is 0 Å². The Kier molecular flexibility index (Phi) is 7.76. The van der Waals surface area contributed by atoms with Crippen molar-refractivity contribution in [3.05, 3.63) is 137 Å². The van der Waals surface area contributed by atoms with E-state index in [9.17, 15) is 0 Å². The molecule has 0 saturated carbocycles. The van der Waals surface area contributed by atoms with E-state index in [1.165, 1.54) is 51.1 Å². The van der Waals surface area contributed by atoms with Gasteiger partial charge in [0.1, 0.15) is 0 Å². The Morgan fingerprint density at radius 1 is 0.545 bits per heavy atom. The molecule has 7 aromatic rings. The van der Waals surface area contributed by atoms with Gasteiger partial charge < -0.3 is 0 Å². The third-order valence-electron chi connectivity index (χ3n) is 8.21. The molecule has 7 rings (SSSR count). The summed E-state index contributed by atoms with van der Waals surface area (Å²) in [6.45, 7) is 4.32. The topological polar surface area (TPSA) is 38.7 Å². The number of rotatable bonds is 7. The first-order valence-corrected chi connectivity index (χ1v) is 16.0. The maximum absolute atomic E-state index is 5.05. The van der Waals surface area contributed by atoms with Crippen LogP contribution in [0.15, 0.2) is 126 Å². The average Bonchev–Trinajstić information content (AvgIpc) is 3.07. The summed E-state index contributed by atoms with van der Waals surface area (Å²) in [5, 5.41) is 4.94. The zero-order valence-electron chi connectivity index (χ0n) is 24.9. The van der Waals surface area contributed by atoms with Crippen molar-refractivity contribution in [1.82, 2.24) is 15.0 Å². The summed E-state index contributed by atoms with van der Waals surface area (Å²) in [4.78, 5) is 15.1. The van der Waals surface area contributed by atoms with Crippen molar-refractivity contribution in [1.29, 1.82) is 0 Å². The van der Waals surface area contributed by atoms with E-state index in [0.717, 1.165) is 33.1 Å². The summed E-state index contributed by atoms with van der Waals surface area (Å²) in [6.07, 6.45) is 3.45. The molecule has 0 aliphatic carbocycles. The number of hydrogen-bond donors (Lipinski definition) is 0. The molecule has 6 aromatic carbocycles. The highest BCUT2D eigenvalue weighted by molar-refractivity contribution is 9.10. The van der Waals surface area contributed by atoms with Crippen LogP contribution in [0.3, 0.4) is 0 Å². The lowest BCUT2D eigenvalue weighted by molar-refractivity contribution is 0.795. The number of unbranched alkanes of at least 4 members (excludes halogenated alkanes) is 1.